The first-order chi connectivity index (χ1) is 8.85. The fraction of sp³-hybridized carbons (Fsp3) is 0.636. The molecule has 1 heterocycles. The van der Waals surface area contributed by atoms with Crippen molar-refractivity contribution in [2.24, 2.45) is 5.41 Å². The largest absolute Gasteiger partial charge is 0.396 e. The van der Waals surface area contributed by atoms with Crippen LogP contribution >= 0.6 is 0 Å². The molecule has 0 bridgehead atoms. The Kier molecular flexibility index (Phi) is 4.99. The van der Waals surface area contributed by atoms with Crippen LogP contribution < -0.4 is 11.1 Å². The molecule has 0 aliphatic rings. The lowest BCUT2D eigenvalue weighted by molar-refractivity contribution is -0.384. The zero-order chi connectivity index (χ0) is 14.5. The maximum Gasteiger partial charge on any atom is 0.329 e. The molecule has 0 unspecified atom stereocenters. The Morgan fingerprint density at radius 2 is 2.26 bits per heavy atom. The van der Waals surface area contributed by atoms with Crippen LogP contribution in [0.15, 0.2) is 6.20 Å². The summed E-state index contributed by atoms with van der Waals surface area (Å²) >= 11 is 0. The number of aliphatic hydroxyl groups is 1. The number of nitro groups is 1. The van der Waals surface area contributed by atoms with Crippen molar-refractivity contribution in [3.8, 4) is 0 Å². The summed E-state index contributed by atoms with van der Waals surface area (Å²) in [6, 6.07) is 0. The van der Waals surface area contributed by atoms with Crippen molar-refractivity contribution in [1.29, 1.82) is 0 Å². The van der Waals surface area contributed by atoms with Crippen LogP contribution in [0.3, 0.4) is 0 Å². The third-order valence-electron chi connectivity index (χ3n) is 2.73. The van der Waals surface area contributed by atoms with Crippen molar-refractivity contribution in [2.45, 2.75) is 26.7 Å². The molecule has 8 nitrogen and oxygen atoms in total. The van der Waals surface area contributed by atoms with E-state index in [0.717, 1.165) is 12.6 Å². The number of anilines is 2. The second-order valence-electron chi connectivity index (χ2n) is 5.06. The summed E-state index contributed by atoms with van der Waals surface area (Å²) in [5, 5.41) is 22.6. The highest BCUT2D eigenvalue weighted by Gasteiger charge is 2.21. The molecule has 106 valence electrons. The van der Waals surface area contributed by atoms with Crippen LogP contribution in [0.4, 0.5) is 17.5 Å². The number of rotatable bonds is 7. The molecule has 0 aromatic carbocycles. The van der Waals surface area contributed by atoms with E-state index < -0.39 is 4.92 Å². The molecule has 0 fully saturated rings. The van der Waals surface area contributed by atoms with Gasteiger partial charge in [-0.2, -0.15) is 4.98 Å². The Labute approximate surface area is 111 Å². The van der Waals surface area contributed by atoms with Crippen LogP contribution in [0.25, 0.3) is 0 Å². The van der Waals surface area contributed by atoms with Crippen molar-refractivity contribution >= 4 is 17.5 Å². The van der Waals surface area contributed by atoms with Crippen molar-refractivity contribution in [2.75, 3.05) is 24.2 Å². The van der Waals surface area contributed by atoms with Gasteiger partial charge in [0.2, 0.25) is 11.8 Å². The summed E-state index contributed by atoms with van der Waals surface area (Å²) in [7, 11) is 0. The molecule has 1 rings (SSSR count). The number of aliphatic hydroxyl groups excluding tert-OH is 1. The van der Waals surface area contributed by atoms with Crippen LogP contribution in [0, 0.1) is 15.5 Å². The van der Waals surface area contributed by atoms with Crippen molar-refractivity contribution in [3.05, 3.63) is 16.3 Å². The van der Waals surface area contributed by atoms with Crippen molar-refractivity contribution < 1.29 is 10.0 Å². The standard InChI is InChI=1S/C11H19N5O3/c1-11(2,4-3-5-17)7-14-9-8(16(18)19)6-13-10(12)15-9/h6,17H,3-5,7H2,1-2H3,(H3,12,13,14,15). The average molecular weight is 269 g/mol. The lowest BCUT2D eigenvalue weighted by Crippen LogP contribution is -2.24. The molecule has 1 aromatic heterocycles. The second kappa shape index (κ2) is 6.28. The van der Waals surface area contributed by atoms with Gasteiger partial charge in [0.1, 0.15) is 6.20 Å². The average Bonchev–Trinajstić information content (AvgIpc) is 2.34. The van der Waals surface area contributed by atoms with Gasteiger partial charge in [0.15, 0.2) is 0 Å². The predicted octanol–water partition coefficient (Wildman–Crippen LogP) is 1.18. The number of hydrogen-bond donors (Lipinski definition) is 3. The smallest absolute Gasteiger partial charge is 0.329 e. The highest BCUT2D eigenvalue weighted by Crippen LogP contribution is 2.26. The van der Waals surface area contributed by atoms with Gasteiger partial charge < -0.3 is 16.2 Å². The van der Waals surface area contributed by atoms with E-state index in [0.29, 0.717) is 13.0 Å². The van der Waals surface area contributed by atoms with Crippen molar-refractivity contribution in [3.63, 3.8) is 0 Å². The summed E-state index contributed by atoms with van der Waals surface area (Å²) < 4.78 is 0. The summed E-state index contributed by atoms with van der Waals surface area (Å²) in [6.45, 7) is 4.63. The van der Waals surface area contributed by atoms with Crippen molar-refractivity contribution in [1.82, 2.24) is 9.97 Å². The SMILES string of the molecule is CC(C)(CCCO)CNc1nc(N)ncc1[N+](=O)[O-]. The van der Waals surface area contributed by atoms with E-state index in [-0.39, 0.29) is 29.5 Å². The van der Waals surface area contributed by atoms with Gasteiger partial charge in [-0.3, -0.25) is 10.1 Å². The van der Waals surface area contributed by atoms with E-state index in [1.807, 2.05) is 13.8 Å². The third kappa shape index (κ3) is 4.66. The number of nitrogens with zero attached hydrogens (tertiary/aromatic N) is 3. The van der Waals surface area contributed by atoms with Crippen LogP contribution in [-0.2, 0) is 0 Å². The predicted molar refractivity (Wildman–Crippen MR) is 71.7 cm³/mol. The minimum absolute atomic E-state index is 0.0127. The molecule has 4 N–H and O–H groups in total. The molecule has 0 spiro atoms. The molecule has 19 heavy (non-hydrogen) atoms. The molecule has 0 radical (unpaired) electrons. The molecule has 0 saturated carbocycles. The Morgan fingerprint density at radius 1 is 1.58 bits per heavy atom. The third-order valence-corrected chi connectivity index (χ3v) is 2.73. The van der Waals surface area contributed by atoms with E-state index >= 15 is 0 Å². The fourth-order valence-electron chi connectivity index (χ4n) is 1.62. The normalized spacial score (nSPS) is 11.3. The Morgan fingerprint density at radius 3 is 2.84 bits per heavy atom. The maximum atomic E-state index is 10.8. The minimum Gasteiger partial charge on any atom is -0.396 e. The molecular weight excluding hydrogens is 250 g/mol. The number of nitrogens with two attached hydrogens (primary N) is 1. The zero-order valence-corrected chi connectivity index (χ0v) is 11.1. The first kappa shape index (κ1) is 15.1. The molecule has 0 aliphatic heterocycles. The summed E-state index contributed by atoms with van der Waals surface area (Å²) in [5.74, 6) is 0.107. The highest BCUT2D eigenvalue weighted by atomic mass is 16.6. The number of nitrogens with one attached hydrogen (secondary N) is 1. The van der Waals surface area contributed by atoms with Gasteiger partial charge in [-0.1, -0.05) is 13.8 Å². The van der Waals surface area contributed by atoms with E-state index in [1.165, 1.54) is 0 Å². The monoisotopic (exact) mass is 269 g/mol. The first-order valence-electron chi connectivity index (χ1n) is 5.97. The topological polar surface area (TPSA) is 127 Å². The van der Waals surface area contributed by atoms with E-state index in [4.69, 9.17) is 10.8 Å². The zero-order valence-electron chi connectivity index (χ0n) is 11.1. The van der Waals surface area contributed by atoms with Gasteiger partial charge in [0.05, 0.1) is 4.92 Å². The summed E-state index contributed by atoms with van der Waals surface area (Å²) in [6.07, 6.45) is 2.57. The van der Waals surface area contributed by atoms with Gasteiger partial charge in [-0.05, 0) is 18.3 Å². The van der Waals surface area contributed by atoms with E-state index in [2.05, 4.69) is 15.3 Å². The number of hydrogen-bond acceptors (Lipinski definition) is 7. The maximum absolute atomic E-state index is 10.8. The Balaban J connectivity index is 2.76. The fourth-order valence-corrected chi connectivity index (χ4v) is 1.62. The van der Waals surface area contributed by atoms with Gasteiger partial charge in [0.25, 0.3) is 0 Å². The van der Waals surface area contributed by atoms with Gasteiger partial charge in [-0.25, -0.2) is 4.98 Å². The Bertz CT molecular complexity index is 450. The van der Waals surface area contributed by atoms with Gasteiger partial charge in [-0.15, -0.1) is 0 Å². The molecule has 0 aliphatic carbocycles. The summed E-state index contributed by atoms with van der Waals surface area (Å²) in [5.41, 5.74) is 5.11. The minimum atomic E-state index is -0.553. The molecule has 1 aromatic rings. The first-order valence-corrected chi connectivity index (χ1v) is 5.97. The van der Waals surface area contributed by atoms with Gasteiger partial charge >= 0.3 is 5.69 Å². The lowest BCUT2D eigenvalue weighted by atomic mass is 9.88. The lowest BCUT2D eigenvalue weighted by Gasteiger charge is -2.24. The highest BCUT2D eigenvalue weighted by molar-refractivity contribution is 5.56. The molecule has 8 heteroatoms. The van der Waals surface area contributed by atoms with E-state index in [9.17, 15) is 10.1 Å². The molecule has 0 saturated heterocycles. The van der Waals surface area contributed by atoms with Gasteiger partial charge in [0, 0.05) is 13.2 Å². The Hall–Kier alpha value is -1.96. The molecule has 0 atom stereocenters. The van der Waals surface area contributed by atoms with Crippen LogP contribution in [0.2, 0.25) is 0 Å². The quantitative estimate of drug-likeness (QED) is 0.501. The number of aromatic nitrogens is 2. The number of nitrogen functional groups attached to an aromatic ring is 1. The summed E-state index contributed by atoms with van der Waals surface area (Å²) in [4.78, 5) is 17.7. The van der Waals surface area contributed by atoms with Crippen LogP contribution in [0.1, 0.15) is 26.7 Å². The van der Waals surface area contributed by atoms with E-state index in [1.54, 1.807) is 0 Å². The second-order valence-corrected chi connectivity index (χ2v) is 5.06. The molecular formula is C11H19N5O3. The van der Waals surface area contributed by atoms with Crippen LogP contribution in [-0.4, -0.2) is 33.1 Å². The molecule has 0 amide bonds. The van der Waals surface area contributed by atoms with Crippen LogP contribution in [0.5, 0.6) is 0 Å².